The van der Waals surface area contributed by atoms with Crippen molar-refractivity contribution in [2.24, 2.45) is 0 Å². The fraction of sp³-hybridized carbons (Fsp3) is 0.412. The molecule has 0 spiro atoms. The van der Waals surface area contributed by atoms with Crippen LogP contribution in [-0.2, 0) is 11.3 Å². The van der Waals surface area contributed by atoms with Gasteiger partial charge >= 0.3 is 0 Å². The molecule has 122 valence electrons. The lowest BCUT2D eigenvalue weighted by Crippen LogP contribution is -2.38. The molecule has 1 saturated heterocycles. The molecule has 1 aliphatic heterocycles. The van der Waals surface area contributed by atoms with Gasteiger partial charge in [-0.05, 0) is 19.1 Å². The Morgan fingerprint density at radius 3 is 2.70 bits per heavy atom. The lowest BCUT2D eigenvalue weighted by atomic mass is 10.1. The number of anilines is 1. The van der Waals surface area contributed by atoms with Gasteiger partial charge in [0.05, 0.1) is 31.6 Å². The first-order valence-corrected chi connectivity index (χ1v) is 7.91. The molecule has 2 heterocycles. The van der Waals surface area contributed by atoms with Gasteiger partial charge in [0.2, 0.25) is 0 Å². The first-order valence-electron chi connectivity index (χ1n) is 7.91. The standard InChI is InChI=1S/C17H22N4O2/c1-14-2-4-15(5-3-14)17(22)19-16-12-18-21(13-16)7-6-20-8-10-23-11-9-20/h2-5,12-13H,6-11H2,1H3,(H,19,22). The zero-order chi connectivity index (χ0) is 16.1. The van der Waals surface area contributed by atoms with Gasteiger partial charge in [-0.25, -0.2) is 0 Å². The zero-order valence-corrected chi connectivity index (χ0v) is 13.4. The Bertz CT molecular complexity index is 645. The third-order valence-corrected chi connectivity index (χ3v) is 3.95. The van der Waals surface area contributed by atoms with Crippen LogP contribution in [0.5, 0.6) is 0 Å². The second kappa shape index (κ2) is 7.39. The number of carbonyl (C=O) groups excluding carboxylic acids is 1. The van der Waals surface area contributed by atoms with Crippen molar-refractivity contribution in [3.05, 3.63) is 47.8 Å². The first kappa shape index (κ1) is 15.7. The van der Waals surface area contributed by atoms with Crippen LogP contribution >= 0.6 is 0 Å². The van der Waals surface area contributed by atoms with E-state index in [1.165, 1.54) is 0 Å². The minimum absolute atomic E-state index is 0.113. The third-order valence-electron chi connectivity index (χ3n) is 3.95. The number of benzene rings is 1. The smallest absolute Gasteiger partial charge is 0.255 e. The zero-order valence-electron chi connectivity index (χ0n) is 13.4. The molecular formula is C17H22N4O2. The summed E-state index contributed by atoms with van der Waals surface area (Å²) in [5.74, 6) is -0.113. The summed E-state index contributed by atoms with van der Waals surface area (Å²) in [7, 11) is 0. The largest absolute Gasteiger partial charge is 0.379 e. The predicted molar refractivity (Wildman–Crippen MR) is 88.6 cm³/mol. The van der Waals surface area contributed by atoms with Crippen LogP contribution in [0.15, 0.2) is 36.7 Å². The summed E-state index contributed by atoms with van der Waals surface area (Å²) in [5.41, 5.74) is 2.51. The molecule has 23 heavy (non-hydrogen) atoms. The van der Waals surface area contributed by atoms with E-state index in [1.807, 2.05) is 42.1 Å². The summed E-state index contributed by atoms with van der Waals surface area (Å²) in [6.07, 6.45) is 3.55. The average molecular weight is 314 g/mol. The van der Waals surface area contributed by atoms with Gasteiger partial charge in [-0.1, -0.05) is 17.7 Å². The van der Waals surface area contributed by atoms with Crippen molar-refractivity contribution in [3.63, 3.8) is 0 Å². The molecule has 0 bridgehead atoms. The maximum atomic E-state index is 12.2. The summed E-state index contributed by atoms with van der Waals surface area (Å²) in [5, 5.41) is 7.19. The number of hydrogen-bond acceptors (Lipinski definition) is 4. The highest BCUT2D eigenvalue weighted by atomic mass is 16.5. The topological polar surface area (TPSA) is 59.4 Å². The number of carbonyl (C=O) groups is 1. The molecule has 6 heteroatoms. The lowest BCUT2D eigenvalue weighted by molar-refractivity contribution is 0.0360. The number of rotatable bonds is 5. The van der Waals surface area contributed by atoms with Crippen molar-refractivity contribution in [1.82, 2.24) is 14.7 Å². The van der Waals surface area contributed by atoms with Crippen LogP contribution < -0.4 is 5.32 Å². The molecule has 0 saturated carbocycles. The summed E-state index contributed by atoms with van der Waals surface area (Å²) in [4.78, 5) is 14.5. The quantitative estimate of drug-likeness (QED) is 0.914. The number of ether oxygens (including phenoxy) is 1. The Morgan fingerprint density at radius 1 is 1.22 bits per heavy atom. The van der Waals surface area contributed by atoms with E-state index in [2.05, 4.69) is 15.3 Å². The molecule has 0 aliphatic carbocycles. The number of aryl methyl sites for hydroxylation is 1. The van der Waals surface area contributed by atoms with E-state index >= 15 is 0 Å². The number of morpholine rings is 1. The fourth-order valence-electron chi connectivity index (χ4n) is 2.53. The van der Waals surface area contributed by atoms with E-state index in [-0.39, 0.29) is 5.91 Å². The van der Waals surface area contributed by atoms with Crippen LogP contribution in [0, 0.1) is 6.92 Å². The molecule has 1 aromatic carbocycles. The average Bonchev–Trinajstić information content (AvgIpc) is 3.02. The van der Waals surface area contributed by atoms with Gasteiger partial charge in [0.1, 0.15) is 0 Å². The van der Waals surface area contributed by atoms with Crippen molar-refractivity contribution in [2.75, 3.05) is 38.2 Å². The van der Waals surface area contributed by atoms with Gasteiger partial charge in [0.15, 0.2) is 0 Å². The Labute approximate surface area is 136 Å². The molecule has 3 rings (SSSR count). The Balaban J connectivity index is 1.52. The van der Waals surface area contributed by atoms with Gasteiger partial charge in [-0.2, -0.15) is 5.10 Å². The van der Waals surface area contributed by atoms with E-state index in [1.54, 1.807) is 6.20 Å². The molecule has 1 aromatic heterocycles. The van der Waals surface area contributed by atoms with Crippen LogP contribution in [0.2, 0.25) is 0 Å². The number of hydrogen-bond donors (Lipinski definition) is 1. The fourth-order valence-corrected chi connectivity index (χ4v) is 2.53. The van der Waals surface area contributed by atoms with Gasteiger partial charge in [-0.15, -0.1) is 0 Å². The normalized spacial score (nSPS) is 15.5. The van der Waals surface area contributed by atoms with E-state index in [0.29, 0.717) is 5.56 Å². The molecule has 1 fully saturated rings. The Hall–Kier alpha value is -2.18. The molecule has 6 nitrogen and oxygen atoms in total. The van der Waals surface area contributed by atoms with Crippen LogP contribution in [0.4, 0.5) is 5.69 Å². The van der Waals surface area contributed by atoms with Crippen LogP contribution in [0.1, 0.15) is 15.9 Å². The van der Waals surface area contributed by atoms with Gasteiger partial charge < -0.3 is 10.1 Å². The Morgan fingerprint density at radius 2 is 1.96 bits per heavy atom. The Kier molecular flexibility index (Phi) is 5.05. The maximum absolute atomic E-state index is 12.2. The van der Waals surface area contributed by atoms with E-state index in [4.69, 9.17) is 4.74 Å². The number of amides is 1. The van der Waals surface area contributed by atoms with Crippen LogP contribution in [0.25, 0.3) is 0 Å². The monoisotopic (exact) mass is 314 g/mol. The highest BCUT2D eigenvalue weighted by Crippen LogP contribution is 2.09. The van der Waals surface area contributed by atoms with Crippen molar-refractivity contribution < 1.29 is 9.53 Å². The molecule has 0 atom stereocenters. The summed E-state index contributed by atoms with van der Waals surface area (Å²) in [6, 6.07) is 7.52. The van der Waals surface area contributed by atoms with Gasteiger partial charge in [0.25, 0.3) is 5.91 Å². The predicted octanol–water partition coefficient (Wildman–Crippen LogP) is 1.78. The molecular weight excluding hydrogens is 292 g/mol. The van der Waals surface area contributed by atoms with Gasteiger partial charge in [-0.3, -0.25) is 14.4 Å². The first-order chi connectivity index (χ1) is 11.2. The highest BCUT2D eigenvalue weighted by Gasteiger charge is 2.11. The van der Waals surface area contributed by atoms with Crippen molar-refractivity contribution in [3.8, 4) is 0 Å². The summed E-state index contributed by atoms with van der Waals surface area (Å²) < 4.78 is 7.20. The van der Waals surface area contributed by atoms with Crippen LogP contribution in [0.3, 0.4) is 0 Å². The summed E-state index contributed by atoms with van der Waals surface area (Å²) >= 11 is 0. The summed E-state index contributed by atoms with van der Waals surface area (Å²) in [6.45, 7) is 7.29. The lowest BCUT2D eigenvalue weighted by Gasteiger charge is -2.26. The number of nitrogens with one attached hydrogen (secondary N) is 1. The molecule has 2 aromatic rings. The van der Waals surface area contributed by atoms with E-state index in [0.717, 1.165) is 50.6 Å². The van der Waals surface area contributed by atoms with E-state index in [9.17, 15) is 4.79 Å². The maximum Gasteiger partial charge on any atom is 0.255 e. The van der Waals surface area contributed by atoms with Crippen molar-refractivity contribution in [2.45, 2.75) is 13.5 Å². The van der Waals surface area contributed by atoms with Gasteiger partial charge in [0, 0.05) is 31.4 Å². The van der Waals surface area contributed by atoms with Crippen molar-refractivity contribution in [1.29, 1.82) is 0 Å². The second-order valence-electron chi connectivity index (χ2n) is 5.77. The molecule has 1 amide bonds. The third kappa shape index (κ3) is 4.40. The minimum atomic E-state index is -0.113. The SMILES string of the molecule is Cc1ccc(C(=O)Nc2cnn(CCN3CCOCC3)c2)cc1. The van der Waals surface area contributed by atoms with Crippen LogP contribution in [-0.4, -0.2) is 53.4 Å². The highest BCUT2D eigenvalue weighted by molar-refractivity contribution is 6.04. The molecule has 0 radical (unpaired) electrons. The number of nitrogens with zero attached hydrogens (tertiary/aromatic N) is 3. The second-order valence-corrected chi connectivity index (χ2v) is 5.77. The molecule has 0 unspecified atom stereocenters. The minimum Gasteiger partial charge on any atom is -0.379 e. The number of aromatic nitrogens is 2. The molecule has 1 aliphatic rings. The van der Waals surface area contributed by atoms with E-state index < -0.39 is 0 Å². The van der Waals surface area contributed by atoms with Crippen molar-refractivity contribution >= 4 is 11.6 Å². The molecule has 1 N–H and O–H groups in total.